The summed E-state index contributed by atoms with van der Waals surface area (Å²) in [4.78, 5) is 15.1. The van der Waals surface area contributed by atoms with Gasteiger partial charge in [0.05, 0.1) is 24.2 Å². The second-order valence-corrected chi connectivity index (χ2v) is 8.38. The summed E-state index contributed by atoms with van der Waals surface area (Å²) >= 11 is 1.42. The second-order valence-electron chi connectivity index (χ2n) is 7.44. The average Bonchev–Trinajstić information content (AvgIpc) is 3.41. The lowest BCUT2D eigenvalue weighted by atomic mass is 10.0. The van der Waals surface area contributed by atoms with Crippen LogP contribution < -0.4 is 0 Å². The van der Waals surface area contributed by atoms with E-state index in [4.69, 9.17) is 4.42 Å². The number of para-hydroxylation sites is 1. The minimum atomic E-state index is 0.0570. The number of carbonyl (C=O) groups is 1. The number of furan rings is 1. The molecule has 0 unspecified atom stereocenters. The Hall–Kier alpha value is -2.80. The van der Waals surface area contributed by atoms with Gasteiger partial charge in [0.2, 0.25) is 5.91 Å². The zero-order valence-electron chi connectivity index (χ0n) is 17.4. The number of aryl methyl sites for hydroxylation is 2. The molecule has 0 radical (unpaired) electrons. The fourth-order valence-electron chi connectivity index (χ4n) is 3.71. The van der Waals surface area contributed by atoms with Crippen LogP contribution in [0.3, 0.4) is 0 Å². The van der Waals surface area contributed by atoms with E-state index in [1.54, 1.807) is 6.26 Å². The molecule has 4 rings (SSSR count). The van der Waals surface area contributed by atoms with Gasteiger partial charge in [-0.1, -0.05) is 36.0 Å². The highest BCUT2D eigenvalue weighted by Gasteiger charge is 2.22. The Morgan fingerprint density at radius 1 is 1.17 bits per heavy atom. The normalized spacial score (nSPS) is 13.9. The van der Waals surface area contributed by atoms with E-state index in [1.165, 1.54) is 18.2 Å². The molecule has 0 fully saturated rings. The van der Waals surface area contributed by atoms with Gasteiger partial charge in [-0.3, -0.25) is 9.36 Å². The Morgan fingerprint density at radius 2 is 2.03 bits per heavy atom. The Labute approximate surface area is 181 Å². The van der Waals surface area contributed by atoms with E-state index in [-0.39, 0.29) is 5.91 Å². The molecule has 2 heterocycles. The summed E-state index contributed by atoms with van der Waals surface area (Å²) in [5, 5.41) is 9.30. The summed E-state index contributed by atoms with van der Waals surface area (Å²) < 4.78 is 7.52. The van der Waals surface area contributed by atoms with Gasteiger partial charge in [0, 0.05) is 5.70 Å². The van der Waals surface area contributed by atoms with Crippen LogP contribution in [0.15, 0.2) is 64.0 Å². The molecule has 0 N–H and O–H groups in total. The number of benzene rings is 1. The lowest BCUT2D eigenvalue weighted by molar-refractivity contribution is -0.127. The first-order chi connectivity index (χ1) is 14.6. The van der Waals surface area contributed by atoms with Gasteiger partial charge in [-0.25, -0.2) is 0 Å². The summed E-state index contributed by atoms with van der Waals surface area (Å²) in [6, 6.07) is 11.9. The first-order valence-electron chi connectivity index (χ1n) is 10.3. The molecule has 30 heavy (non-hydrogen) atoms. The number of aromatic nitrogens is 3. The van der Waals surface area contributed by atoms with Crippen molar-refractivity contribution in [1.29, 1.82) is 0 Å². The van der Waals surface area contributed by atoms with Gasteiger partial charge in [-0.2, -0.15) is 0 Å². The predicted octanol–water partition coefficient (Wildman–Crippen LogP) is 5.06. The van der Waals surface area contributed by atoms with Gasteiger partial charge in [-0.15, -0.1) is 10.2 Å². The minimum absolute atomic E-state index is 0.0570. The molecule has 1 amide bonds. The molecule has 1 aliphatic carbocycles. The molecular formula is C23H26N4O2S. The van der Waals surface area contributed by atoms with Crippen LogP contribution in [0.25, 0.3) is 5.69 Å². The topological polar surface area (TPSA) is 64.2 Å². The molecule has 0 aliphatic heterocycles. The predicted molar refractivity (Wildman–Crippen MR) is 117 cm³/mol. The Morgan fingerprint density at radius 3 is 2.77 bits per heavy atom. The number of carbonyl (C=O) groups excluding carboxylic acids is 1. The van der Waals surface area contributed by atoms with Gasteiger partial charge < -0.3 is 9.32 Å². The van der Waals surface area contributed by atoms with Crippen LogP contribution in [0.5, 0.6) is 0 Å². The van der Waals surface area contributed by atoms with Gasteiger partial charge in [0.25, 0.3) is 0 Å². The monoisotopic (exact) mass is 422 g/mol. The molecule has 0 saturated carbocycles. The molecule has 1 aromatic carbocycles. The number of hydrogen-bond acceptors (Lipinski definition) is 5. The maximum atomic E-state index is 13.2. The lowest BCUT2D eigenvalue weighted by Crippen LogP contribution is -2.32. The smallest absolute Gasteiger partial charge is 0.237 e. The molecule has 6 nitrogen and oxygen atoms in total. The van der Waals surface area contributed by atoms with Crippen LogP contribution in [0, 0.1) is 13.8 Å². The Kier molecular flexibility index (Phi) is 6.38. The second kappa shape index (κ2) is 9.34. The third-order valence-electron chi connectivity index (χ3n) is 5.29. The van der Waals surface area contributed by atoms with Crippen molar-refractivity contribution in [2.75, 3.05) is 5.75 Å². The first-order valence-corrected chi connectivity index (χ1v) is 11.2. The van der Waals surface area contributed by atoms with Crippen LogP contribution in [-0.4, -0.2) is 31.3 Å². The van der Waals surface area contributed by atoms with Crippen molar-refractivity contribution in [1.82, 2.24) is 19.7 Å². The van der Waals surface area contributed by atoms with Crippen LogP contribution >= 0.6 is 11.8 Å². The SMILES string of the molecule is Cc1ccccc1-n1c(C)nnc1SCC(=O)N(Cc1ccco1)C1=CCCCC1. The third-order valence-corrected chi connectivity index (χ3v) is 6.20. The zero-order valence-corrected chi connectivity index (χ0v) is 18.2. The molecule has 3 aromatic rings. The molecule has 0 atom stereocenters. The molecule has 2 aromatic heterocycles. The highest BCUT2D eigenvalue weighted by molar-refractivity contribution is 7.99. The summed E-state index contributed by atoms with van der Waals surface area (Å²) in [7, 11) is 0. The van der Waals surface area contributed by atoms with Crippen molar-refractivity contribution >= 4 is 17.7 Å². The van der Waals surface area contributed by atoms with E-state index in [9.17, 15) is 4.79 Å². The minimum Gasteiger partial charge on any atom is -0.467 e. The number of amides is 1. The zero-order chi connectivity index (χ0) is 20.9. The third kappa shape index (κ3) is 4.51. The van der Waals surface area contributed by atoms with Crippen LogP contribution in [0.2, 0.25) is 0 Å². The van der Waals surface area contributed by atoms with Gasteiger partial charge >= 0.3 is 0 Å². The standard InChI is InChI=1S/C23H26N4O2S/c1-17-9-6-7-13-21(17)27-18(2)24-25-23(27)30-16-22(28)26(15-20-12-8-14-29-20)19-10-4-3-5-11-19/h6-10,12-14H,3-5,11,15-16H2,1-2H3. The largest absolute Gasteiger partial charge is 0.467 e. The van der Waals surface area contributed by atoms with Crippen molar-refractivity contribution in [3.8, 4) is 5.69 Å². The summed E-state index contributed by atoms with van der Waals surface area (Å²) in [6.07, 6.45) is 8.08. The van der Waals surface area contributed by atoms with Gasteiger partial charge in [-0.05, 0) is 63.3 Å². The van der Waals surface area contributed by atoms with Crippen molar-refractivity contribution in [3.63, 3.8) is 0 Å². The van der Waals surface area contributed by atoms with E-state index in [1.807, 2.05) is 46.7 Å². The number of thioether (sulfide) groups is 1. The van der Waals surface area contributed by atoms with Crippen molar-refractivity contribution < 1.29 is 9.21 Å². The van der Waals surface area contributed by atoms with Crippen LogP contribution in [-0.2, 0) is 11.3 Å². The number of rotatable bonds is 7. The maximum Gasteiger partial charge on any atom is 0.237 e. The molecule has 156 valence electrons. The van der Waals surface area contributed by atoms with Crippen LogP contribution in [0.1, 0.15) is 42.8 Å². The number of hydrogen-bond donors (Lipinski definition) is 0. The molecule has 0 bridgehead atoms. The summed E-state index contributed by atoms with van der Waals surface area (Å²) in [5.41, 5.74) is 3.28. The lowest BCUT2D eigenvalue weighted by Gasteiger charge is -2.27. The van der Waals surface area contributed by atoms with E-state index < -0.39 is 0 Å². The van der Waals surface area contributed by atoms with Crippen molar-refractivity contribution in [2.45, 2.75) is 51.2 Å². The number of nitrogens with zero attached hydrogens (tertiary/aromatic N) is 4. The van der Waals surface area contributed by atoms with E-state index in [0.717, 1.165) is 53.0 Å². The Bertz CT molecular complexity index is 1040. The summed E-state index contributed by atoms with van der Waals surface area (Å²) in [5.74, 6) is 1.95. The molecule has 0 spiro atoms. The van der Waals surface area contributed by atoms with Gasteiger partial charge in [0.15, 0.2) is 5.16 Å². The highest BCUT2D eigenvalue weighted by atomic mass is 32.2. The van der Waals surface area contributed by atoms with Crippen LogP contribution in [0.4, 0.5) is 0 Å². The molecular weight excluding hydrogens is 396 g/mol. The van der Waals surface area contributed by atoms with E-state index in [2.05, 4.69) is 29.3 Å². The molecule has 7 heteroatoms. The first kappa shape index (κ1) is 20.5. The summed E-state index contributed by atoms with van der Waals surface area (Å²) in [6.45, 7) is 4.46. The number of allylic oxidation sites excluding steroid dienone is 2. The maximum absolute atomic E-state index is 13.2. The quantitative estimate of drug-likeness (QED) is 0.498. The Balaban J connectivity index is 1.53. The fourth-order valence-corrected chi connectivity index (χ4v) is 4.57. The van der Waals surface area contributed by atoms with Gasteiger partial charge in [0.1, 0.15) is 11.6 Å². The van der Waals surface area contributed by atoms with Crippen molar-refractivity contribution in [3.05, 3.63) is 71.6 Å². The highest BCUT2D eigenvalue weighted by Crippen LogP contribution is 2.27. The molecule has 1 aliphatic rings. The fraction of sp³-hybridized carbons (Fsp3) is 0.348. The average molecular weight is 423 g/mol. The van der Waals surface area contributed by atoms with E-state index in [0.29, 0.717) is 12.3 Å². The van der Waals surface area contributed by atoms with Crippen molar-refractivity contribution in [2.24, 2.45) is 0 Å². The molecule has 0 saturated heterocycles. The van der Waals surface area contributed by atoms with E-state index >= 15 is 0 Å².